The highest BCUT2D eigenvalue weighted by atomic mass is 14.2. The lowest BCUT2D eigenvalue weighted by Gasteiger charge is -2.24. The van der Waals surface area contributed by atoms with Crippen molar-refractivity contribution < 1.29 is 0 Å². The van der Waals surface area contributed by atoms with Gasteiger partial charge in [0.25, 0.3) is 0 Å². The highest BCUT2D eigenvalue weighted by molar-refractivity contribution is 5.07. The van der Waals surface area contributed by atoms with Gasteiger partial charge in [-0.3, -0.25) is 0 Å². The topological polar surface area (TPSA) is 0 Å². The van der Waals surface area contributed by atoms with Gasteiger partial charge in [-0.2, -0.15) is 0 Å². The second kappa shape index (κ2) is 5.26. The molecule has 0 saturated heterocycles. The standard InChI is InChI=1S/C13H22/c1-4-5-6-12-7-9-13(10-8-12)11(2)3/h4,7,11,13H,1,5-6,8-10H2,2-3H3. The van der Waals surface area contributed by atoms with Crippen LogP contribution >= 0.6 is 0 Å². The number of hydrogen-bond acceptors (Lipinski definition) is 0. The average molecular weight is 178 g/mol. The third-order valence-corrected chi connectivity index (χ3v) is 3.16. The van der Waals surface area contributed by atoms with Crippen LogP contribution in [0, 0.1) is 11.8 Å². The molecule has 0 radical (unpaired) electrons. The molecule has 1 rings (SSSR count). The van der Waals surface area contributed by atoms with E-state index >= 15 is 0 Å². The average Bonchev–Trinajstić information content (AvgIpc) is 2.15. The maximum atomic E-state index is 3.76. The van der Waals surface area contributed by atoms with Gasteiger partial charge in [-0.15, -0.1) is 6.58 Å². The molecule has 0 bridgehead atoms. The van der Waals surface area contributed by atoms with Gasteiger partial charge >= 0.3 is 0 Å². The minimum absolute atomic E-state index is 0.859. The first kappa shape index (κ1) is 10.6. The van der Waals surface area contributed by atoms with Crippen LogP contribution in [0.25, 0.3) is 0 Å². The normalized spacial score (nSPS) is 23.0. The second-order valence-electron chi connectivity index (χ2n) is 4.47. The van der Waals surface area contributed by atoms with Crippen LogP contribution in [0.15, 0.2) is 24.3 Å². The minimum atomic E-state index is 0.859. The summed E-state index contributed by atoms with van der Waals surface area (Å²) in [5.74, 6) is 1.80. The molecule has 0 saturated carbocycles. The van der Waals surface area contributed by atoms with Gasteiger partial charge in [-0.05, 0) is 43.9 Å². The van der Waals surface area contributed by atoms with E-state index in [0.29, 0.717) is 0 Å². The van der Waals surface area contributed by atoms with Crippen molar-refractivity contribution in [3.05, 3.63) is 24.3 Å². The van der Waals surface area contributed by atoms with Crippen LogP contribution in [-0.2, 0) is 0 Å². The first-order valence-electron chi connectivity index (χ1n) is 5.53. The third-order valence-electron chi connectivity index (χ3n) is 3.16. The molecule has 0 amide bonds. The van der Waals surface area contributed by atoms with Gasteiger partial charge in [0.05, 0.1) is 0 Å². The molecular formula is C13H22. The summed E-state index contributed by atoms with van der Waals surface area (Å²) < 4.78 is 0. The lowest BCUT2D eigenvalue weighted by Crippen LogP contribution is -2.11. The van der Waals surface area contributed by atoms with E-state index < -0.39 is 0 Å². The summed E-state index contributed by atoms with van der Waals surface area (Å²) in [6.07, 6.45) is 10.9. The van der Waals surface area contributed by atoms with E-state index in [4.69, 9.17) is 0 Å². The summed E-state index contributed by atoms with van der Waals surface area (Å²) in [5, 5.41) is 0. The fourth-order valence-electron chi connectivity index (χ4n) is 2.03. The van der Waals surface area contributed by atoms with Gasteiger partial charge in [-0.1, -0.05) is 31.6 Å². The fourth-order valence-corrected chi connectivity index (χ4v) is 2.03. The van der Waals surface area contributed by atoms with Crippen LogP contribution in [0.1, 0.15) is 46.0 Å². The van der Waals surface area contributed by atoms with Crippen LogP contribution < -0.4 is 0 Å². The van der Waals surface area contributed by atoms with E-state index in [-0.39, 0.29) is 0 Å². The Balaban J connectivity index is 2.34. The lowest BCUT2D eigenvalue weighted by molar-refractivity contribution is 0.348. The monoisotopic (exact) mass is 178 g/mol. The molecule has 0 heterocycles. The van der Waals surface area contributed by atoms with Gasteiger partial charge in [0.1, 0.15) is 0 Å². The maximum absolute atomic E-state index is 3.76. The minimum Gasteiger partial charge on any atom is -0.103 e. The smallest absolute Gasteiger partial charge is 0.0286 e. The molecule has 74 valence electrons. The molecule has 0 fully saturated rings. The highest BCUT2D eigenvalue weighted by Gasteiger charge is 2.16. The Kier molecular flexibility index (Phi) is 4.27. The Morgan fingerprint density at radius 2 is 2.38 bits per heavy atom. The molecule has 0 heteroatoms. The molecule has 0 aromatic carbocycles. The largest absolute Gasteiger partial charge is 0.103 e. The van der Waals surface area contributed by atoms with Crippen molar-refractivity contribution in [1.82, 2.24) is 0 Å². The van der Waals surface area contributed by atoms with E-state index in [1.54, 1.807) is 5.57 Å². The van der Waals surface area contributed by atoms with Crippen molar-refractivity contribution in [3.8, 4) is 0 Å². The molecule has 0 nitrogen and oxygen atoms in total. The predicted molar refractivity (Wildman–Crippen MR) is 59.7 cm³/mol. The quantitative estimate of drug-likeness (QED) is 0.562. The van der Waals surface area contributed by atoms with Crippen molar-refractivity contribution in [2.75, 3.05) is 0 Å². The van der Waals surface area contributed by atoms with Gasteiger partial charge in [0, 0.05) is 0 Å². The van der Waals surface area contributed by atoms with E-state index in [1.165, 1.54) is 25.7 Å². The third kappa shape index (κ3) is 3.38. The Morgan fingerprint density at radius 3 is 2.85 bits per heavy atom. The van der Waals surface area contributed by atoms with E-state index in [2.05, 4.69) is 26.5 Å². The molecule has 0 aromatic rings. The van der Waals surface area contributed by atoms with Crippen LogP contribution in [0.5, 0.6) is 0 Å². The lowest BCUT2D eigenvalue weighted by atomic mass is 9.81. The van der Waals surface area contributed by atoms with Crippen molar-refractivity contribution in [2.45, 2.75) is 46.0 Å². The summed E-state index contributed by atoms with van der Waals surface area (Å²) in [4.78, 5) is 0. The zero-order chi connectivity index (χ0) is 9.68. The summed E-state index contributed by atoms with van der Waals surface area (Å²) in [7, 11) is 0. The summed E-state index contributed by atoms with van der Waals surface area (Å²) in [6.45, 7) is 8.44. The van der Waals surface area contributed by atoms with Crippen LogP contribution in [0.2, 0.25) is 0 Å². The number of allylic oxidation sites excluding steroid dienone is 3. The van der Waals surface area contributed by atoms with Crippen molar-refractivity contribution in [1.29, 1.82) is 0 Å². The molecule has 0 aliphatic heterocycles. The molecule has 1 unspecified atom stereocenters. The Morgan fingerprint density at radius 1 is 1.62 bits per heavy atom. The molecule has 0 N–H and O–H groups in total. The summed E-state index contributed by atoms with van der Waals surface area (Å²) >= 11 is 0. The summed E-state index contributed by atoms with van der Waals surface area (Å²) in [5.41, 5.74) is 1.66. The fraction of sp³-hybridized carbons (Fsp3) is 0.692. The van der Waals surface area contributed by atoms with Crippen LogP contribution in [0.4, 0.5) is 0 Å². The predicted octanol–water partition coefficient (Wildman–Crippen LogP) is 4.34. The SMILES string of the molecule is C=CCCC1=CCC(C(C)C)CC1. The zero-order valence-corrected chi connectivity index (χ0v) is 9.05. The molecule has 0 spiro atoms. The molecule has 0 aromatic heterocycles. The summed E-state index contributed by atoms with van der Waals surface area (Å²) in [6, 6.07) is 0. The molecule has 13 heavy (non-hydrogen) atoms. The van der Waals surface area contributed by atoms with E-state index in [9.17, 15) is 0 Å². The molecule has 1 aliphatic rings. The van der Waals surface area contributed by atoms with Crippen molar-refractivity contribution in [3.63, 3.8) is 0 Å². The van der Waals surface area contributed by atoms with Gasteiger partial charge in [0.15, 0.2) is 0 Å². The van der Waals surface area contributed by atoms with Crippen LogP contribution in [-0.4, -0.2) is 0 Å². The maximum Gasteiger partial charge on any atom is -0.0286 e. The number of hydrogen-bond donors (Lipinski definition) is 0. The van der Waals surface area contributed by atoms with Crippen molar-refractivity contribution in [2.24, 2.45) is 11.8 Å². The molecular weight excluding hydrogens is 156 g/mol. The number of rotatable bonds is 4. The Labute approximate surface area is 82.7 Å². The van der Waals surface area contributed by atoms with Crippen molar-refractivity contribution >= 4 is 0 Å². The van der Waals surface area contributed by atoms with E-state index in [1.807, 2.05) is 6.08 Å². The first-order chi connectivity index (χ1) is 6.24. The zero-order valence-electron chi connectivity index (χ0n) is 9.05. The highest BCUT2D eigenvalue weighted by Crippen LogP contribution is 2.30. The molecule has 1 atom stereocenters. The van der Waals surface area contributed by atoms with Crippen LogP contribution in [0.3, 0.4) is 0 Å². The van der Waals surface area contributed by atoms with Gasteiger partial charge in [0.2, 0.25) is 0 Å². The Hall–Kier alpha value is -0.520. The Bertz CT molecular complexity index is 186. The van der Waals surface area contributed by atoms with E-state index in [0.717, 1.165) is 18.3 Å². The second-order valence-corrected chi connectivity index (χ2v) is 4.47. The van der Waals surface area contributed by atoms with Gasteiger partial charge in [-0.25, -0.2) is 0 Å². The first-order valence-corrected chi connectivity index (χ1v) is 5.53. The molecule has 1 aliphatic carbocycles. The van der Waals surface area contributed by atoms with Gasteiger partial charge < -0.3 is 0 Å².